The number of pyridine rings is 1. The van der Waals surface area contributed by atoms with Crippen LogP contribution in [0.25, 0.3) is 0 Å². The zero-order chi connectivity index (χ0) is 23.4. The Balaban J connectivity index is 1.30. The highest BCUT2D eigenvalue weighted by Crippen LogP contribution is 2.29. The molecule has 1 fully saturated rings. The molecule has 0 radical (unpaired) electrons. The molecule has 33 heavy (non-hydrogen) atoms. The van der Waals surface area contributed by atoms with Gasteiger partial charge in [-0.2, -0.15) is 13.2 Å². The van der Waals surface area contributed by atoms with E-state index in [4.69, 9.17) is 0 Å². The van der Waals surface area contributed by atoms with Crippen LogP contribution in [0.15, 0.2) is 66.9 Å². The first-order valence-electron chi connectivity index (χ1n) is 10.4. The summed E-state index contributed by atoms with van der Waals surface area (Å²) in [5, 5.41) is 2.64. The molecule has 1 aromatic heterocycles. The minimum absolute atomic E-state index is 0.123. The predicted octanol–water partition coefficient (Wildman–Crippen LogP) is 4.81. The van der Waals surface area contributed by atoms with Gasteiger partial charge in [-0.3, -0.25) is 9.69 Å². The molecule has 0 spiro atoms. The van der Waals surface area contributed by atoms with E-state index in [1.807, 2.05) is 6.07 Å². The van der Waals surface area contributed by atoms with Crippen LogP contribution in [0.1, 0.15) is 21.5 Å². The van der Waals surface area contributed by atoms with Gasteiger partial charge in [0, 0.05) is 43.9 Å². The fourth-order valence-corrected chi connectivity index (χ4v) is 3.66. The number of nitrogens with one attached hydrogen (secondary N) is 1. The Morgan fingerprint density at radius 1 is 0.939 bits per heavy atom. The Hall–Kier alpha value is -3.46. The third-order valence-corrected chi connectivity index (χ3v) is 5.53. The summed E-state index contributed by atoms with van der Waals surface area (Å²) >= 11 is 0. The summed E-state index contributed by atoms with van der Waals surface area (Å²) in [6, 6.07) is 14.3. The van der Waals surface area contributed by atoms with E-state index in [2.05, 4.69) is 20.1 Å². The number of hydrogen-bond donors (Lipinski definition) is 1. The molecule has 0 unspecified atom stereocenters. The van der Waals surface area contributed by atoms with Crippen molar-refractivity contribution in [2.24, 2.45) is 0 Å². The van der Waals surface area contributed by atoms with Gasteiger partial charge >= 0.3 is 6.18 Å². The van der Waals surface area contributed by atoms with Gasteiger partial charge in [0.1, 0.15) is 11.6 Å². The van der Waals surface area contributed by atoms with Gasteiger partial charge in [-0.25, -0.2) is 9.37 Å². The Labute approximate surface area is 188 Å². The number of alkyl halides is 3. The summed E-state index contributed by atoms with van der Waals surface area (Å²) in [7, 11) is 0. The fraction of sp³-hybridized carbons (Fsp3) is 0.250. The van der Waals surface area contributed by atoms with Crippen LogP contribution in [0.5, 0.6) is 0 Å². The summed E-state index contributed by atoms with van der Waals surface area (Å²) in [6.07, 6.45) is -2.93. The highest BCUT2D eigenvalue weighted by molar-refractivity contribution is 6.04. The van der Waals surface area contributed by atoms with Crippen molar-refractivity contribution in [3.8, 4) is 0 Å². The minimum atomic E-state index is -4.45. The molecule has 2 heterocycles. The maximum Gasteiger partial charge on any atom is 0.416 e. The SMILES string of the molecule is O=C(Nc1ccc(N2CCN(Cc3ccccc3F)CC2)nc1)c1ccc(C(F)(F)F)cc1. The van der Waals surface area contributed by atoms with Crippen molar-refractivity contribution in [2.75, 3.05) is 36.4 Å². The standard InChI is InChI=1S/C24H22F4N4O/c25-21-4-2-1-3-18(21)16-31-11-13-32(14-12-31)22-10-9-20(15-29-22)30-23(33)17-5-7-19(8-6-17)24(26,27)28/h1-10,15H,11-14,16H2,(H,30,33). The zero-order valence-electron chi connectivity index (χ0n) is 17.6. The third-order valence-electron chi connectivity index (χ3n) is 5.53. The fourth-order valence-electron chi connectivity index (χ4n) is 3.66. The second kappa shape index (κ2) is 9.58. The van der Waals surface area contributed by atoms with Crippen molar-refractivity contribution < 1.29 is 22.4 Å². The molecule has 2 aromatic carbocycles. The number of anilines is 2. The molecule has 3 aromatic rings. The second-order valence-electron chi connectivity index (χ2n) is 7.79. The van der Waals surface area contributed by atoms with Crippen LogP contribution >= 0.6 is 0 Å². The van der Waals surface area contributed by atoms with Crippen LogP contribution in [-0.4, -0.2) is 42.0 Å². The molecule has 1 saturated heterocycles. The van der Waals surface area contributed by atoms with Crippen molar-refractivity contribution in [1.82, 2.24) is 9.88 Å². The average molecular weight is 458 g/mol. The van der Waals surface area contributed by atoms with Gasteiger partial charge in [-0.15, -0.1) is 0 Å². The number of nitrogens with zero attached hydrogens (tertiary/aromatic N) is 3. The molecule has 0 saturated carbocycles. The molecule has 1 aliphatic heterocycles. The molecular weight excluding hydrogens is 436 g/mol. The van der Waals surface area contributed by atoms with Crippen molar-refractivity contribution in [1.29, 1.82) is 0 Å². The molecule has 0 atom stereocenters. The molecule has 0 aliphatic carbocycles. The van der Waals surface area contributed by atoms with Gasteiger partial charge in [0.25, 0.3) is 5.91 Å². The molecular formula is C24H22F4N4O. The molecule has 0 bridgehead atoms. The first-order chi connectivity index (χ1) is 15.8. The van der Waals surface area contributed by atoms with Crippen LogP contribution in [0.2, 0.25) is 0 Å². The molecule has 172 valence electrons. The predicted molar refractivity (Wildman–Crippen MR) is 118 cm³/mol. The Bertz CT molecular complexity index is 1090. The Morgan fingerprint density at radius 3 is 2.24 bits per heavy atom. The topological polar surface area (TPSA) is 48.5 Å². The molecule has 1 amide bonds. The summed E-state index contributed by atoms with van der Waals surface area (Å²) < 4.78 is 51.9. The van der Waals surface area contributed by atoms with Gasteiger partial charge in [0.2, 0.25) is 0 Å². The molecule has 1 aliphatic rings. The van der Waals surface area contributed by atoms with Crippen molar-refractivity contribution in [2.45, 2.75) is 12.7 Å². The minimum Gasteiger partial charge on any atom is -0.354 e. The van der Waals surface area contributed by atoms with Gasteiger partial charge in [0.15, 0.2) is 0 Å². The molecule has 4 rings (SSSR count). The number of halogens is 4. The number of benzene rings is 2. The largest absolute Gasteiger partial charge is 0.416 e. The lowest BCUT2D eigenvalue weighted by atomic mass is 10.1. The zero-order valence-corrected chi connectivity index (χ0v) is 17.6. The lowest BCUT2D eigenvalue weighted by Gasteiger charge is -2.35. The van der Waals surface area contributed by atoms with E-state index in [0.29, 0.717) is 17.8 Å². The Morgan fingerprint density at radius 2 is 1.64 bits per heavy atom. The molecule has 1 N–H and O–H groups in total. The maximum absolute atomic E-state index is 13.9. The summed E-state index contributed by atoms with van der Waals surface area (Å²) in [5.74, 6) is 0.0450. The van der Waals surface area contributed by atoms with Crippen LogP contribution in [0.3, 0.4) is 0 Å². The Kier molecular flexibility index (Phi) is 6.60. The smallest absolute Gasteiger partial charge is 0.354 e. The molecule has 5 nitrogen and oxygen atoms in total. The highest BCUT2D eigenvalue weighted by Gasteiger charge is 2.30. The van der Waals surface area contributed by atoms with Gasteiger partial charge in [-0.1, -0.05) is 18.2 Å². The summed E-state index contributed by atoms with van der Waals surface area (Å²) in [5.41, 5.74) is 0.441. The van der Waals surface area contributed by atoms with Crippen LogP contribution in [-0.2, 0) is 12.7 Å². The van der Waals surface area contributed by atoms with E-state index >= 15 is 0 Å². The molecule has 9 heteroatoms. The van der Waals surface area contributed by atoms with E-state index in [-0.39, 0.29) is 11.4 Å². The van der Waals surface area contributed by atoms with Gasteiger partial charge < -0.3 is 10.2 Å². The van der Waals surface area contributed by atoms with Crippen LogP contribution in [0, 0.1) is 5.82 Å². The number of aromatic nitrogens is 1. The first-order valence-corrected chi connectivity index (χ1v) is 10.4. The third kappa shape index (κ3) is 5.67. The van der Waals surface area contributed by atoms with Crippen molar-refractivity contribution in [3.63, 3.8) is 0 Å². The number of rotatable bonds is 5. The monoisotopic (exact) mass is 458 g/mol. The lowest BCUT2D eigenvalue weighted by molar-refractivity contribution is -0.137. The van der Waals surface area contributed by atoms with Gasteiger partial charge in [-0.05, 0) is 42.5 Å². The number of hydrogen-bond acceptors (Lipinski definition) is 4. The van der Waals surface area contributed by atoms with E-state index in [9.17, 15) is 22.4 Å². The second-order valence-corrected chi connectivity index (χ2v) is 7.79. The summed E-state index contributed by atoms with van der Waals surface area (Å²) in [6.45, 7) is 3.56. The van der Waals surface area contributed by atoms with E-state index in [0.717, 1.165) is 56.3 Å². The van der Waals surface area contributed by atoms with E-state index < -0.39 is 17.6 Å². The number of amides is 1. The van der Waals surface area contributed by atoms with E-state index in [1.165, 1.54) is 12.3 Å². The number of carbonyl (C=O) groups is 1. The first kappa shape index (κ1) is 22.7. The van der Waals surface area contributed by atoms with Crippen molar-refractivity contribution >= 4 is 17.4 Å². The highest BCUT2D eigenvalue weighted by atomic mass is 19.4. The number of carbonyl (C=O) groups excluding carboxylic acids is 1. The van der Waals surface area contributed by atoms with Crippen LogP contribution < -0.4 is 10.2 Å². The maximum atomic E-state index is 13.9. The lowest BCUT2D eigenvalue weighted by Crippen LogP contribution is -2.46. The van der Waals surface area contributed by atoms with Gasteiger partial charge in [0.05, 0.1) is 17.4 Å². The van der Waals surface area contributed by atoms with E-state index in [1.54, 1.807) is 24.3 Å². The summed E-state index contributed by atoms with van der Waals surface area (Å²) in [4.78, 5) is 21.0. The van der Waals surface area contributed by atoms with Crippen LogP contribution in [0.4, 0.5) is 29.1 Å². The van der Waals surface area contributed by atoms with Crippen molar-refractivity contribution in [3.05, 3.63) is 89.4 Å². The average Bonchev–Trinajstić information content (AvgIpc) is 2.81. The quantitative estimate of drug-likeness (QED) is 0.558. The normalized spacial score (nSPS) is 14.8. The number of piperazine rings is 1.